The van der Waals surface area contributed by atoms with Crippen LogP contribution in [-0.4, -0.2) is 25.1 Å². The van der Waals surface area contributed by atoms with Gasteiger partial charge in [0.05, 0.1) is 21.7 Å². The van der Waals surface area contributed by atoms with Gasteiger partial charge in [-0.25, -0.2) is 8.42 Å². The zero-order valence-corrected chi connectivity index (χ0v) is 16.8. The van der Waals surface area contributed by atoms with Crippen LogP contribution >= 0.6 is 11.3 Å². The van der Waals surface area contributed by atoms with E-state index in [1.54, 1.807) is 0 Å². The molecule has 0 fully saturated rings. The van der Waals surface area contributed by atoms with Crippen LogP contribution in [0.3, 0.4) is 0 Å². The number of carbonyl (C=O) groups is 1. The molecule has 0 unspecified atom stereocenters. The highest BCUT2D eigenvalue weighted by Gasteiger charge is 2.13. The van der Waals surface area contributed by atoms with Crippen molar-refractivity contribution in [3.8, 4) is 12.3 Å². The largest absolute Gasteiger partial charge is 0.304 e. The predicted octanol–water partition coefficient (Wildman–Crippen LogP) is 3.10. The molecule has 7 heteroatoms. The summed E-state index contributed by atoms with van der Waals surface area (Å²) < 4.78 is 26.0. The molecule has 0 atom stereocenters. The smallest absolute Gasteiger partial charge is 0.279 e. The summed E-state index contributed by atoms with van der Waals surface area (Å²) >= 11 is 1.42. The first-order valence-electron chi connectivity index (χ1n) is 8.14. The van der Waals surface area contributed by atoms with Gasteiger partial charge < -0.3 is 4.57 Å². The summed E-state index contributed by atoms with van der Waals surface area (Å²) in [5, 5.41) is 0. The number of aromatic nitrogens is 1. The minimum Gasteiger partial charge on any atom is -0.304 e. The van der Waals surface area contributed by atoms with Gasteiger partial charge in [0.1, 0.15) is 0 Å². The Balaban J connectivity index is 2.14. The second-order valence-corrected chi connectivity index (χ2v) is 9.26. The molecule has 0 aliphatic rings. The Morgan fingerprint density at radius 2 is 1.78 bits per heavy atom. The lowest BCUT2D eigenvalue weighted by molar-refractivity contribution is 0.0998. The Hall–Kier alpha value is -2.69. The second kappa shape index (κ2) is 7.14. The molecule has 0 N–H and O–H groups in total. The standard InChI is InChI=1S/C20H18N2O3S2/c1-5-12-22-17-13(2)6-7-14(3)18(17)26-20(22)21-19(23)15-8-10-16(11-9-15)27(4,24)25/h1,6-11H,12H2,2-4H3. The Kier molecular flexibility index (Phi) is 5.05. The number of aryl methyl sites for hydroxylation is 2. The number of hydrogen-bond donors (Lipinski definition) is 0. The quantitative estimate of drug-likeness (QED) is 0.637. The zero-order chi connectivity index (χ0) is 19.8. The molecular formula is C20H18N2O3S2. The van der Waals surface area contributed by atoms with Crippen LogP contribution < -0.4 is 4.80 Å². The molecule has 0 aliphatic heterocycles. The minimum absolute atomic E-state index is 0.162. The van der Waals surface area contributed by atoms with Crippen molar-refractivity contribution in [3.63, 3.8) is 0 Å². The molecule has 138 valence electrons. The summed E-state index contributed by atoms with van der Waals surface area (Å²) in [5.41, 5.74) is 3.46. The molecule has 0 saturated carbocycles. The van der Waals surface area contributed by atoms with Crippen molar-refractivity contribution in [2.24, 2.45) is 4.99 Å². The van der Waals surface area contributed by atoms with Crippen LogP contribution in [0.2, 0.25) is 0 Å². The van der Waals surface area contributed by atoms with E-state index >= 15 is 0 Å². The molecule has 5 nitrogen and oxygen atoms in total. The lowest BCUT2D eigenvalue weighted by Crippen LogP contribution is -2.17. The molecule has 3 aromatic rings. The molecular weight excluding hydrogens is 380 g/mol. The topological polar surface area (TPSA) is 68.5 Å². The molecule has 0 bridgehead atoms. The second-order valence-electron chi connectivity index (χ2n) is 6.27. The van der Waals surface area contributed by atoms with E-state index in [1.165, 1.54) is 35.6 Å². The number of rotatable bonds is 3. The van der Waals surface area contributed by atoms with Crippen molar-refractivity contribution < 1.29 is 13.2 Å². The Labute approximate surface area is 161 Å². The predicted molar refractivity (Wildman–Crippen MR) is 108 cm³/mol. The van der Waals surface area contributed by atoms with Gasteiger partial charge in [-0.2, -0.15) is 4.99 Å². The van der Waals surface area contributed by atoms with Crippen molar-refractivity contribution in [1.29, 1.82) is 0 Å². The molecule has 0 spiro atoms. The van der Waals surface area contributed by atoms with Crippen LogP contribution in [0.5, 0.6) is 0 Å². The normalized spacial score (nSPS) is 12.3. The van der Waals surface area contributed by atoms with Crippen molar-refractivity contribution in [2.45, 2.75) is 25.3 Å². The Morgan fingerprint density at radius 3 is 2.37 bits per heavy atom. The van der Waals surface area contributed by atoms with Crippen LogP contribution in [0.1, 0.15) is 21.5 Å². The summed E-state index contributed by atoms with van der Waals surface area (Å²) in [4.78, 5) is 17.5. The maximum atomic E-state index is 12.6. The highest BCUT2D eigenvalue weighted by molar-refractivity contribution is 7.90. The van der Waals surface area contributed by atoms with E-state index in [0.717, 1.165) is 27.6 Å². The fourth-order valence-electron chi connectivity index (χ4n) is 2.79. The SMILES string of the molecule is C#CCn1c(=NC(=O)c2ccc(S(C)(=O)=O)cc2)sc2c(C)ccc(C)c21. The van der Waals surface area contributed by atoms with E-state index in [9.17, 15) is 13.2 Å². The Morgan fingerprint density at radius 1 is 1.15 bits per heavy atom. The van der Waals surface area contributed by atoms with Crippen molar-refractivity contribution in [1.82, 2.24) is 4.57 Å². The van der Waals surface area contributed by atoms with Crippen molar-refractivity contribution >= 4 is 37.3 Å². The number of fused-ring (bicyclic) bond motifs is 1. The van der Waals surface area contributed by atoms with Gasteiger partial charge in [-0.3, -0.25) is 4.79 Å². The summed E-state index contributed by atoms with van der Waals surface area (Å²) in [7, 11) is -3.31. The first kappa shape index (κ1) is 19.1. The number of benzene rings is 2. The third kappa shape index (κ3) is 3.72. The number of sulfone groups is 1. The lowest BCUT2D eigenvalue weighted by Gasteiger charge is -2.04. The maximum Gasteiger partial charge on any atom is 0.279 e. The highest BCUT2D eigenvalue weighted by atomic mass is 32.2. The molecule has 1 heterocycles. The van der Waals surface area contributed by atoms with Crippen LogP contribution in [0, 0.1) is 26.2 Å². The summed E-state index contributed by atoms with van der Waals surface area (Å²) in [6.07, 6.45) is 6.64. The Bertz CT molecular complexity index is 1260. The monoisotopic (exact) mass is 398 g/mol. The average molecular weight is 399 g/mol. The van der Waals surface area contributed by atoms with E-state index in [-0.39, 0.29) is 4.90 Å². The average Bonchev–Trinajstić information content (AvgIpc) is 2.97. The van der Waals surface area contributed by atoms with Crippen molar-refractivity contribution in [3.05, 3.63) is 57.9 Å². The molecule has 3 rings (SSSR count). The van der Waals surface area contributed by atoms with E-state index in [1.807, 2.05) is 30.5 Å². The van der Waals surface area contributed by atoms with Crippen LogP contribution in [0.15, 0.2) is 46.3 Å². The molecule has 0 saturated heterocycles. The molecule has 0 aliphatic carbocycles. The summed E-state index contributed by atoms with van der Waals surface area (Å²) in [5.74, 6) is 2.18. The molecule has 27 heavy (non-hydrogen) atoms. The fourth-order valence-corrected chi connectivity index (χ4v) is 4.60. The fraction of sp³-hybridized carbons (Fsp3) is 0.200. The van der Waals surface area contributed by atoms with Crippen LogP contribution in [0.4, 0.5) is 0 Å². The van der Waals surface area contributed by atoms with Gasteiger partial charge in [0.15, 0.2) is 14.6 Å². The summed E-state index contributed by atoms with van der Waals surface area (Å²) in [6, 6.07) is 9.81. The number of thiazole rings is 1. The number of hydrogen-bond acceptors (Lipinski definition) is 4. The van der Waals surface area contributed by atoms with E-state index in [0.29, 0.717) is 16.9 Å². The first-order chi connectivity index (χ1) is 12.7. The van der Waals surface area contributed by atoms with Gasteiger partial charge in [-0.15, -0.1) is 6.42 Å². The van der Waals surface area contributed by atoms with Crippen molar-refractivity contribution in [2.75, 3.05) is 6.26 Å². The van der Waals surface area contributed by atoms with Gasteiger partial charge in [0, 0.05) is 11.8 Å². The minimum atomic E-state index is -3.31. The van der Waals surface area contributed by atoms with E-state index in [4.69, 9.17) is 6.42 Å². The summed E-state index contributed by atoms with van der Waals surface area (Å²) in [6.45, 7) is 4.31. The van der Waals surface area contributed by atoms with Crippen LogP contribution in [0.25, 0.3) is 10.2 Å². The van der Waals surface area contributed by atoms with Gasteiger partial charge >= 0.3 is 0 Å². The highest BCUT2D eigenvalue weighted by Crippen LogP contribution is 2.25. The number of carbonyl (C=O) groups excluding carboxylic acids is 1. The van der Waals surface area contributed by atoms with Gasteiger partial charge in [-0.05, 0) is 49.2 Å². The van der Waals surface area contributed by atoms with Crippen LogP contribution in [-0.2, 0) is 16.4 Å². The third-order valence-corrected chi connectivity index (χ3v) is 6.54. The number of nitrogens with zero attached hydrogens (tertiary/aromatic N) is 2. The third-order valence-electron chi connectivity index (χ3n) is 4.20. The lowest BCUT2D eigenvalue weighted by atomic mass is 10.1. The molecule has 0 radical (unpaired) electrons. The van der Waals surface area contributed by atoms with Gasteiger partial charge in [0.25, 0.3) is 5.91 Å². The number of amides is 1. The maximum absolute atomic E-state index is 12.6. The van der Waals surface area contributed by atoms with E-state index < -0.39 is 15.7 Å². The molecule has 1 aromatic heterocycles. The number of terminal acetylenes is 1. The first-order valence-corrected chi connectivity index (χ1v) is 10.9. The molecule has 2 aromatic carbocycles. The zero-order valence-electron chi connectivity index (χ0n) is 15.2. The van der Waals surface area contributed by atoms with Gasteiger partial charge in [0.2, 0.25) is 0 Å². The van der Waals surface area contributed by atoms with Gasteiger partial charge in [-0.1, -0.05) is 29.4 Å². The molecule has 1 amide bonds. The van der Waals surface area contributed by atoms with E-state index in [2.05, 4.69) is 10.9 Å².